The van der Waals surface area contributed by atoms with Crippen LogP contribution in [0.5, 0.6) is 0 Å². The summed E-state index contributed by atoms with van der Waals surface area (Å²) in [4.78, 5) is 4.55. The van der Waals surface area contributed by atoms with E-state index in [9.17, 15) is 5.26 Å². The Balaban J connectivity index is 2.03. The molecule has 1 aromatic heterocycles. The number of pyridine rings is 1. The van der Waals surface area contributed by atoms with Crippen LogP contribution in [0.3, 0.4) is 0 Å². The van der Waals surface area contributed by atoms with Crippen LogP contribution in [0, 0.1) is 17.2 Å². The molecule has 0 unspecified atom stereocenters. The minimum absolute atomic E-state index is 0.618. The van der Waals surface area contributed by atoms with Gasteiger partial charge < -0.3 is 5.32 Å². The lowest BCUT2D eigenvalue weighted by atomic mass is 10.1. The molecule has 3 heteroatoms. The number of fused-ring (bicyclic) bond motifs is 1. The summed E-state index contributed by atoms with van der Waals surface area (Å²) in [6, 6.07) is 12.0. The first-order valence-electron chi connectivity index (χ1n) is 7.24. The Kier molecular flexibility index (Phi) is 4.95. The summed E-state index contributed by atoms with van der Waals surface area (Å²) < 4.78 is 0. The SMILES string of the molecule is CC(C)CCCCNc1nc2ccccc2cc1C#N. The molecule has 1 N–H and O–H groups in total. The van der Waals surface area contributed by atoms with Crippen molar-refractivity contribution in [3.05, 3.63) is 35.9 Å². The second-order valence-electron chi connectivity index (χ2n) is 5.51. The van der Waals surface area contributed by atoms with Gasteiger partial charge in [-0.1, -0.05) is 44.9 Å². The summed E-state index contributed by atoms with van der Waals surface area (Å²) in [6.07, 6.45) is 3.57. The van der Waals surface area contributed by atoms with Crippen molar-refractivity contribution in [2.45, 2.75) is 33.1 Å². The molecule has 0 aliphatic rings. The topological polar surface area (TPSA) is 48.7 Å². The van der Waals surface area contributed by atoms with Gasteiger partial charge in [-0.2, -0.15) is 5.26 Å². The standard InChI is InChI=1S/C17H21N3/c1-13(2)7-5-6-10-19-17-15(12-18)11-14-8-3-4-9-16(14)20-17/h3-4,8-9,11,13H,5-7,10H2,1-2H3,(H,19,20). The summed E-state index contributed by atoms with van der Waals surface area (Å²) >= 11 is 0. The van der Waals surface area contributed by atoms with Crippen LogP contribution in [0.1, 0.15) is 38.7 Å². The summed E-state index contributed by atoms with van der Waals surface area (Å²) in [7, 11) is 0. The fraction of sp³-hybridized carbons (Fsp3) is 0.412. The van der Waals surface area contributed by atoms with E-state index in [2.05, 4.69) is 30.2 Å². The molecule has 1 heterocycles. The fourth-order valence-corrected chi connectivity index (χ4v) is 2.22. The second kappa shape index (κ2) is 6.91. The van der Waals surface area contributed by atoms with Crippen LogP contribution in [0.2, 0.25) is 0 Å². The number of nitrogens with one attached hydrogen (secondary N) is 1. The normalized spacial score (nSPS) is 10.7. The molecule has 0 atom stereocenters. The third-order valence-corrected chi connectivity index (χ3v) is 3.35. The van der Waals surface area contributed by atoms with Crippen molar-refractivity contribution >= 4 is 16.7 Å². The Morgan fingerprint density at radius 3 is 2.80 bits per heavy atom. The molecule has 1 aromatic carbocycles. The smallest absolute Gasteiger partial charge is 0.144 e. The van der Waals surface area contributed by atoms with Crippen LogP contribution in [0.4, 0.5) is 5.82 Å². The van der Waals surface area contributed by atoms with Crippen molar-refractivity contribution in [3.8, 4) is 6.07 Å². The number of hydrogen-bond acceptors (Lipinski definition) is 3. The predicted octanol–water partition coefficient (Wildman–Crippen LogP) is 4.34. The summed E-state index contributed by atoms with van der Waals surface area (Å²) in [5, 5.41) is 13.5. The van der Waals surface area contributed by atoms with Crippen molar-refractivity contribution in [3.63, 3.8) is 0 Å². The first kappa shape index (κ1) is 14.3. The van der Waals surface area contributed by atoms with Gasteiger partial charge >= 0.3 is 0 Å². The monoisotopic (exact) mass is 267 g/mol. The molecule has 3 nitrogen and oxygen atoms in total. The quantitative estimate of drug-likeness (QED) is 0.792. The number of aromatic nitrogens is 1. The fourth-order valence-electron chi connectivity index (χ4n) is 2.22. The zero-order valence-corrected chi connectivity index (χ0v) is 12.2. The highest BCUT2D eigenvalue weighted by Crippen LogP contribution is 2.19. The van der Waals surface area contributed by atoms with Gasteiger partial charge in [0.25, 0.3) is 0 Å². The van der Waals surface area contributed by atoms with Crippen molar-refractivity contribution in [2.75, 3.05) is 11.9 Å². The summed E-state index contributed by atoms with van der Waals surface area (Å²) in [5.41, 5.74) is 1.55. The molecular weight excluding hydrogens is 246 g/mol. The van der Waals surface area contributed by atoms with Gasteiger partial charge in [-0.25, -0.2) is 4.98 Å². The maximum Gasteiger partial charge on any atom is 0.144 e. The van der Waals surface area contributed by atoms with E-state index in [0.29, 0.717) is 11.4 Å². The van der Waals surface area contributed by atoms with Crippen LogP contribution in [0.15, 0.2) is 30.3 Å². The van der Waals surface area contributed by atoms with Crippen LogP contribution in [-0.2, 0) is 0 Å². The average molecular weight is 267 g/mol. The highest BCUT2D eigenvalue weighted by atomic mass is 15.0. The molecule has 0 radical (unpaired) electrons. The molecule has 0 amide bonds. The zero-order chi connectivity index (χ0) is 14.4. The number of unbranched alkanes of at least 4 members (excludes halogenated alkanes) is 1. The first-order chi connectivity index (χ1) is 9.70. The lowest BCUT2D eigenvalue weighted by Crippen LogP contribution is -2.06. The number of para-hydroxylation sites is 1. The Labute approximate surface area is 120 Å². The lowest BCUT2D eigenvalue weighted by Gasteiger charge is -2.09. The molecular formula is C17H21N3. The van der Waals surface area contributed by atoms with Crippen LogP contribution >= 0.6 is 0 Å². The van der Waals surface area contributed by atoms with Crippen molar-refractivity contribution in [1.29, 1.82) is 5.26 Å². The van der Waals surface area contributed by atoms with E-state index in [1.807, 2.05) is 30.3 Å². The van der Waals surface area contributed by atoms with Gasteiger partial charge in [0.15, 0.2) is 0 Å². The van der Waals surface area contributed by atoms with Gasteiger partial charge in [0.1, 0.15) is 11.9 Å². The van der Waals surface area contributed by atoms with Crippen molar-refractivity contribution in [1.82, 2.24) is 4.98 Å². The molecule has 0 aliphatic heterocycles. The third kappa shape index (κ3) is 3.71. The Morgan fingerprint density at radius 2 is 2.05 bits per heavy atom. The average Bonchev–Trinajstić information content (AvgIpc) is 2.45. The number of anilines is 1. The second-order valence-corrected chi connectivity index (χ2v) is 5.51. The number of hydrogen-bond donors (Lipinski definition) is 1. The first-order valence-corrected chi connectivity index (χ1v) is 7.24. The molecule has 20 heavy (non-hydrogen) atoms. The van der Waals surface area contributed by atoms with E-state index in [1.165, 1.54) is 12.8 Å². The molecule has 0 bridgehead atoms. The predicted molar refractivity (Wildman–Crippen MR) is 83.6 cm³/mol. The van der Waals surface area contributed by atoms with Crippen molar-refractivity contribution < 1.29 is 0 Å². The minimum Gasteiger partial charge on any atom is -0.369 e. The number of benzene rings is 1. The van der Waals surface area contributed by atoms with Crippen LogP contribution in [-0.4, -0.2) is 11.5 Å². The molecule has 0 saturated carbocycles. The lowest BCUT2D eigenvalue weighted by molar-refractivity contribution is 0.544. The number of rotatable bonds is 6. The van der Waals surface area contributed by atoms with E-state index in [0.717, 1.165) is 29.8 Å². The molecule has 0 spiro atoms. The largest absolute Gasteiger partial charge is 0.369 e. The van der Waals surface area contributed by atoms with E-state index >= 15 is 0 Å². The van der Waals surface area contributed by atoms with Gasteiger partial charge in [-0.05, 0) is 24.5 Å². The molecule has 0 aliphatic carbocycles. The van der Waals surface area contributed by atoms with E-state index in [4.69, 9.17) is 0 Å². The van der Waals surface area contributed by atoms with Gasteiger partial charge in [0.2, 0.25) is 0 Å². The van der Waals surface area contributed by atoms with Gasteiger partial charge in [-0.3, -0.25) is 0 Å². The molecule has 104 valence electrons. The number of nitrogens with zero attached hydrogens (tertiary/aromatic N) is 2. The molecule has 2 aromatic rings. The third-order valence-electron chi connectivity index (χ3n) is 3.35. The Morgan fingerprint density at radius 1 is 1.25 bits per heavy atom. The van der Waals surface area contributed by atoms with Crippen LogP contribution < -0.4 is 5.32 Å². The maximum atomic E-state index is 9.22. The minimum atomic E-state index is 0.618. The molecule has 0 saturated heterocycles. The van der Waals surface area contributed by atoms with E-state index < -0.39 is 0 Å². The van der Waals surface area contributed by atoms with Gasteiger partial charge in [0.05, 0.1) is 11.1 Å². The summed E-state index contributed by atoms with van der Waals surface area (Å²) in [5.74, 6) is 1.46. The highest BCUT2D eigenvalue weighted by molar-refractivity contribution is 5.82. The Bertz CT molecular complexity index is 611. The summed E-state index contributed by atoms with van der Waals surface area (Å²) in [6.45, 7) is 5.35. The molecule has 2 rings (SSSR count). The van der Waals surface area contributed by atoms with E-state index in [1.54, 1.807) is 0 Å². The van der Waals surface area contributed by atoms with Gasteiger partial charge in [-0.15, -0.1) is 0 Å². The van der Waals surface area contributed by atoms with Crippen molar-refractivity contribution in [2.24, 2.45) is 5.92 Å². The van der Waals surface area contributed by atoms with Gasteiger partial charge in [0, 0.05) is 11.9 Å². The van der Waals surface area contributed by atoms with Crippen LogP contribution in [0.25, 0.3) is 10.9 Å². The zero-order valence-electron chi connectivity index (χ0n) is 12.2. The Hall–Kier alpha value is -2.08. The number of nitriles is 1. The maximum absolute atomic E-state index is 9.22. The highest BCUT2D eigenvalue weighted by Gasteiger charge is 2.05. The molecule has 0 fully saturated rings. The van der Waals surface area contributed by atoms with E-state index in [-0.39, 0.29) is 0 Å².